The number of amides is 1. The molecule has 0 saturated heterocycles. The standard InChI is InChI=1S/C20H24N2O/c1-4-15(3)22-19(23)17-13-9-10-14-18(17)21-20(22,5-2)16-11-7-6-8-12-16/h6-15,21H,4-5H2,1-3H3. The molecule has 0 fully saturated rings. The Morgan fingerprint density at radius 3 is 2.35 bits per heavy atom. The topological polar surface area (TPSA) is 32.3 Å². The van der Waals surface area contributed by atoms with E-state index in [-0.39, 0.29) is 11.9 Å². The summed E-state index contributed by atoms with van der Waals surface area (Å²) in [6.45, 7) is 6.39. The minimum atomic E-state index is -0.498. The predicted molar refractivity (Wildman–Crippen MR) is 94.4 cm³/mol. The molecule has 3 nitrogen and oxygen atoms in total. The van der Waals surface area contributed by atoms with Gasteiger partial charge in [0.25, 0.3) is 5.91 Å². The molecule has 0 radical (unpaired) electrons. The lowest BCUT2D eigenvalue weighted by Gasteiger charge is -2.51. The Kier molecular flexibility index (Phi) is 4.12. The Labute approximate surface area is 138 Å². The summed E-state index contributed by atoms with van der Waals surface area (Å²) < 4.78 is 0. The van der Waals surface area contributed by atoms with Crippen LogP contribution in [-0.2, 0) is 5.66 Å². The monoisotopic (exact) mass is 308 g/mol. The number of hydrogen-bond acceptors (Lipinski definition) is 2. The van der Waals surface area contributed by atoms with Gasteiger partial charge in [-0.1, -0.05) is 56.3 Å². The maximum atomic E-state index is 13.3. The molecule has 2 aromatic carbocycles. The van der Waals surface area contributed by atoms with Crippen molar-refractivity contribution < 1.29 is 4.79 Å². The van der Waals surface area contributed by atoms with Crippen molar-refractivity contribution in [3.8, 4) is 0 Å². The van der Waals surface area contributed by atoms with Crippen LogP contribution in [-0.4, -0.2) is 16.8 Å². The average Bonchev–Trinajstić information content (AvgIpc) is 2.61. The molecule has 0 saturated carbocycles. The number of nitrogens with zero attached hydrogens (tertiary/aromatic N) is 1. The third-order valence-corrected chi connectivity index (χ3v) is 4.92. The second-order valence-electron chi connectivity index (χ2n) is 6.18. The van der Waals surface area contributed by atoms with Gasteiger partial charge in [-0.15, -0.1) is 0 Å². The van der Waals surface area contributed by atoms with Gasteiger partial charge in [0.05, 0.1) is 5.56 Å². The number of nitrogens with one attached hydrogen (secondary N) is 1. The van der Waals surface area contributed by atoms with Gasteiger partial charge in [-0.25, -0.2) is 0 Å². The van der Waals surface area contributed by atoms with Crippen LogP contribution in [0.1, 0.15) is 49.5 Å². The van der Waals surface area contributed by atoms with Gasteiger partial charge in [-0.3, -0.25) is 4.79 Å². The normalized spacial score (nSPS) is 21.5. The Hall–Kier alpha value is -2.29. The fourth-order valence-electron chi connectivity index (χ4n) is 3.51. The Morgan fingerprint density at radius 2 is 1.70 bits per heavy atom. The third kappa shape index (κ3) is 2.40. The fourth-order valence-corrected chi connectivity index (χ4v) is 3.51. The van der Waals surface area contributed by atoms with Crippen molar-refractivity contribution >= 4 is 11.6 Å². The molecule has 23 heavy (non-hydrogen) atoms. The number of para-hydroxylation sites is 1. The van der Waals surface area contributed by atoms with E-state index >= 15 is 0 Å². The van der Waals surface area contributed by atoms with Crippen molar-refractivity contribution in [2.45, 2.75) is 45.3 Å². The van der Waals surface area contributed by atoms with Crippen molar-refractivity contribution in [3.05, 3.63) is 65.7 Å². The highest BCUT2D eigenvalue weighted by molar-refractivity contribution is 6.02. The number of benzene rings is 2. The van der Waals surface area contributed by atoms with Crippen LogP contribution in [0.4, 0.5) is 5.69 Å². The van der Waals surface area contributed by atoms with Crippen molar-refractivity contribution in [1.82, 2.24) is 4.90 Å². The molecule has 1 heterocycles. The Morgan fingerprint density at radius 1 is 1.04 bits per heavy atom. The average molecular weight is 308 g/mol. The van der Waals surface area contributed by atoms with E-state index in [1.807, 2.05) is 47.4 Å². The second-order valence-corrected chi connectivity index (χ2v) is 6.18. The Bertz CT molecular complexity index is 698. The Balaban J connectivity index is 2.22. The SMILES string of the molecule is CCC(C)N1C(=O)c2ccccc2NC1(CC)c1ccccc1. The molecule has 3 rings (SSSR count). The molecule has 1 amide bonds. The van der Waals surface area contributed by atoms with Crippen molar-refractivity contribution in [2.24, 2.45) is 0 Å². The molecule has 1 N–H and O–H groups in total. The van der Waals surface area contributed by atoms with Crippen LogP contribution in [0.5, 0.6) is 0 Å². The summed E-state index contributed by atoms with van der Waals surface area (Å²) in [5, 5.41) is 3.68. The van der Waals surface area contributed by atoms with E-state index in [1.165, 1.54) is 0 Å². The van der Waals surface area contributed by atoms with Crippen LogP contribution >= 0.6 is 0 Å². The molecule has 0 bridgehead atoms. The summed E-state index contributed by atoms with van der Waals surface area (Å²) in [7, 11) is 0. The molecule has 2 unspecified atom stereocenters. The highest BCUT2D eigenvalue weighted by Gasteiger charge is 2.46. The van der Waals surface area contributed by atoms with Crippen LogP contribution in [0.25, 0.3) is 0 Å². The molecule has 1 aliphatic rings. The third-order valence-electron chi connectivity index (χ3n) is 4.92. The first kappa shape index (κ1) is 15.6. The smallest absolute Gasteiger partial charge is 0.258 e. The molecule has 1 aliphatic heterocycles. The summed E-state index contributed by atoms with van der Waals surface area (Å²) in [6.07, 6.45) is 1.73. The van der Waals surface area contributed by atoms with Crippen molar-refractivity contribution in [3.63, 3.8) is 0 Å². The zero-order valence-electron chi connectivity index (χ0n) is 14.0. The number of fused-ring (bicyclic) bond motifs is 1. The number of rotatable bonds is 4. The van der Waals surface area contributed by atoms with Crippen LogP contribution in [0.15, 0.2) is 54.6 Å². The van der Waals surface area contributed by atoms with Gasteiger partial charge >= 0.3 is 0 Å². The number of anilines is 1. The largest absolute Gasteiger partial charge is 0.358 e. The molecule has 3 heteroatoms. The maximum absolute atomic E-state index is 13.3. The van der Waals surface area contributed by atoms with Crippen LogP contribution < -0.4 is 5.32 Å². The van der Waals surface area contributed by atoms with E-state index in [1.54, 1.807) is 0 Å². The van der Waals surface area contributed by atoms with Crippen LogP contribution in [0.2, 0.25) is 0 Å². The maximum Gasteiger partial charge on any atom is 0.258 e. The van der Waals surface area contributed by atoms with E-state index < -0.39 is 5.66 Å². The van der Waals surface area contributed by atoms with Gasteiger partial charge < -0.3 is 10.2 Å². The van der Waals surface area contributed by atoms with Gasteiger partial charge in [0.15, 0.2) is 0 Å². The van der Waals surface area contributed by atoms with Crippen molar-refractivity contribution in [2.75, 3.05) is 5.32 Å². The number of hydrogen-bond donors (Lipinski definition) is 1. The number of carbonyl (C=O) groups is 1. The highest BCUT2D eigenvalue weighted by Crippen LogP contribution is 2.41. The molecule has 0 aromatic heterocycles. The first-order chi connectivity index (χ1) is 11.1. The number of carbonyl (C=O) groups excluding carboxylic acids is 1. The molecular formula is C20H24N2O. The molecule has 2 atom stereocenters. The summed E-state index contributed by atoms with van der Waals surface area (Å²) in [5.74, 6) is 0.111. The molecule has 0 spiro atoms. The minimum absolute atomic E-state index is 0.111. The molecule has 0 aliphatic carbocycles. The van der Waals surface area contributed by atoms with Crippen LogP contribution in [0.3, 0.4) is 0 Å². The summed E-state index contributed by atoms with van der Waals surface area (Å²) >= 11 is 0. The van der Waals surface area contributed by atoms with Crippen LogP contribution in [0, 0.1) is 0 Å². The first-order valence-corrected chi connectivity index (χ1v) is 8.40. The van der Waals surface area contributed by atoms with E-state index in [0.29, 0.717) is 0 Å². The zero-order valence-corrected chi connectivity index (χ0v) is 14.0. The van der Waals surface area contributed by atoms with E-state index in [9.17, 15) is 4.79 Å². The van der Waals surface area contributed by atoms with Gasteiger partial charge in [-0.05, 0) is 37.5 Å². The highest BCUT2D eigenvalue weighted by atomic mass is 16.2. The fraction of sp³-hybridized carbons (Fsp3) is 0.350. The second kappa shape index (κ2) is 6.07. The summed E-state index contributed by atoms with van der Waals surface area (Å²) in [4.78, 5) is 15.3. The summed E-state index contributed by atoms with van der Waals surface area (Å²) in [5.41, 5.74) is 2.31. The van der Waals surface area contributed by atoms with E-state index in [0.717, 1.165) is 29.7 Å². The lowest BCUT2D eigenvalue weighted by atomic mass is 9.88. The zero-order chi connectivity index (χ0) is 16.4. The van der Waals surface area contributed by atoms with E-state index in [2.05, 4.69) is 38.2 Å². The van der Waals surface area contributed by atoms with Gasteiger partial charge in [-0.2, -0.15) is 0 Å². The first-order valence-electron chi connectivity index (χ1n) is 8.40. The molecule has 120 valence electrons. The lowest BCUT2D eigenvalue weighted by Crippen LogP contribution is -2.60. The predicted octanol–water partition coefficient (Wildman–Crippen LogP) is 4.62. The lowest BCUT2D eigenvalue weighted by molar-refractivity contribution is 0.0335. The van der Waals surface area contributed by atoms with Gasteiger partial charge in [0, 0.05) is 11.7 Å². The van der Waals surface area contributed by atoms with E-state index in [4.69, 9.17) is 0 Å². The van der Waals surface area contributed by atoms with Crippen molar-refractivity contribution in [1.29, 1.82) is 0 Å². The summed E-state index contributed by atoms with van der Waals surface area (Å²) in [6, 6.07) is 18.3. The minimum Gasteiger partial charge on any atom is -0.358 e. The molecular weight excluding hydrogens is 284 g/mol. The quantitative estimate of drug-likeness (QED) is 0.894. The molecule has 2 aromatic rings. The van der Waals surface area contributed by atoms with Gasteiger partial charge in [0.2, 0.25) is 0 Å². The van der Waals surface area contributed by atoms with Gasteiger partial charge in [0.1, 0.15) is 5.66 Å².